The van der Waals surface area contributed by atoms with Crippen LogP contribution in [0.2, 0.25) is 0 Å². The highest BCUT2D eigenvalue weighted by Crippen LogP contribution is 2.34. The number of nitrogens with zero attached hydrogens (tertiary/aromatic N) is 1. The minimum Gasteiger partial charge on any atom is -0.198 e. The van der Waals surface area contributed by atoms with Gasteiger partial charge in [0.05, 0.1) is 12.0 Å². The molecule has 0 aromatic rings. The number of hydrogen-bond donors (Lipinski definition) is 0. The topological polar surface area (TPSA) is 23.8 Å². The lowest BCUT2D eigenvalue weighted by Gasteiger charge is -2.26. The highest BCUT2D eigenvalue weighted by Gasteiger charge is 2.23. The molecule has 0 bridgehead atoms. The Bertz CT molecular complexity index is 228. The summed E-state index contributed by atoms with van der Waals surface area (Å²) in [6, 6.07) is 2.40. The SMILES string of the molecule is CC(C)=C1CCC(C)C(C#N)C1. The average Bonchev–Trinajstić information content (AvgIpc) is 2.05. The second kappa shape index (κ2) is 3.76. The number of hydrogen-bond acceptors (Lipinski definition) is 1. The molecule has 0 aliphatic heterocycles. The molecular formula is C11H17N. The van der Waals surface area contributed by atoms with Gasteiger partial charge in [-0.2, -0.15) is 5.26 Å². The van der Waals surface area contributed by atoms with Crippen molar-refractivity contribution < 1.29 is 0 Å². The molecule has 1 nitrogen and oxygen atoms in total. The molecule has 0 aromatic carbocycles. The van der Waals surface area contributed by atoms with Crippen LogP contribution in [0.4, 0.5) is 0 Å². The standard InChI is InChI=1S/C11H17N/c1-8(2)10-5-4-9(3)11(6-10)7-12/h9,11H,4-6H2,1-3H3. The van der Waals surface area contributed by atoms with Gasteiger partial charge in [-0.3, -0.25) is 0 Å². The molecule has 66 valence electrons. The molecule has 1 rings (SSSR count). The molecule has 0 spiro atoms. The van der Waals surface area contributed by atoms with Gasteiger partial charge < -0.3 is 0 Å². The fourth-order valence-corrected chi connectivity index (χ4v) is 1.80. The first kappa shape index (κ1) is 9.32. The first-order chi connectivity index (χ1) is 5.65. The molecule has 0 heterocycles. The van der Waals surface area contributed by atoms with Crippen molar-refractivity contribution in [3.63, 3.8) is 0 Å². The van der Waals surface area contributed by atoms with E-state index in [9.17, 15) is 0 Å². The van der Waals surface area contributed by atoms with Crippen molar-refractivity contribution in [1.82, 2.24) is 0 Å². The van der Waals surface area contributed by atoms with Crippen molar-refractivity contribution in [2.45, 2.75) is 40.0 Å². The fraction of sp³-hybridized carbons (Fsp3) is 0.727. The van der Waals surface area contributed by atoms with Gasteiger partial charge in [-0.05, 0) is 39.0 Å². The van der Waals surface area contributed by atoms with Gasteiger partial charge in [-0.25, -0.2) is 0 Å². The minimum atomic E-state index is 0.267. The van der Waals surface area contributed by atoms with Crippen molar-refractivity contribution in [2.75, 3.05) is 0 Å². The molecule has 1 saturated carbocycles. The molecule has 2 atom stereocenters. The van der Waals surface area contributed by atoms with E-state index in [0.29, 0.717) is 5.92 Å². The third-order valence-corrected chi connectivity index (χ3v) is 2.93. The van der Waals surface area contributed by atoms with Gasteiger partial charge in [0.15, 0.2) is 0 Å². The van der Waals surface area contributed by atoms with E-state index in [4.69, 9.17) is 5.26 Å². The predicted octanol–water partition coefficient (Wildman–Crippen LogP) is 3.28. The van der Waals surface area contributed by atoms with Gasteiger partial charge in [-0.1, -0.05) is 18.1 Å². The van der Waals surface area contributed by atoms with Gasteiger partial charge >= 0.3 is 0 Å². The molecule has 1 fully saturated rings. The summed E-state index contributed by atoms with van der Waals surface area (Å²) < 4.78 is 0. The summed E-state index contributed by atoms with van der Waals surface area (Å²) in [6.07, 6.45) is 3.42. The molecule has 0 radical (unpaired) electrons. The summed E-state index contributed by atoms with van der Waals surface area (Å²) in [5, 5.41) is 8.89. The van der Waals surface area contributed by atoms with E-state index in [2.05, 4.69) is 26.8 Å². The Morgan fingerprint density at radius 2 is 2.17 bits per heavy atom. The Hall–Kier alpha value is -0.770. The maximum Gasteiger partial charge on any atom is 0.0661 e. The lowest BCUT2D eigenvalue weighted by atomic mass is 9.77. The molecular weight excluding hydrogens is 146 g/mol. The largest absolute Gasteiger partial charge is 0.198 e. The van der Waals surface area contributed by atoms with Crippen LogP contribution in [0.15, 0.2) is 11.1 Å². The van der Waals surface area contributed by atoms with Crippen LogP contribution in [0.1, 0.15) is 40.0 Å². The smallest absolute Gasteiger partial charge is 0.0661 e. The van der Waals surface area contributed by atoms with E-state index in [1.807, 2.05) is 0 Å². The van der Waals surface area contributed by atoms with E-state index in [0.717, 1.165) is 6.42 Å². The van der Waals surface area contributed by atoms with E-state index in [1.165, 1.54) is 24.0 Å². The van der Waals surface area contributed by atoms with Crippen LogP contribution in [0, 0.1) is 23.2 Å². The summed E-state index contributed by atoms with van der Waals surface area (Å²) in [4.78, 5) is 0. The molecule has 1 aliphatic rings. The molecule has 0 N–H and O–H groups in total. The van der Waals surface area contributed by atoms with Crippen molar-refractivity contribution in [3.8, 4) is 6.07 Å². The summed E-state index contributed by atoms with van der Waals surface area (Å²) in [5.74, 6) is 0.863. The van der Waals surface area contributed by atoms with Gasteiger partial charge in [0.1, 0.15) is 0 Å². The first-order valence-corrected chi connectivity index (χ1v) is 4.70. The normalized spacial score (nSPS) is 29.7. The predicted molar refractivity (Wildman–Crippen MR) is 50.5 cm³/mol. The quantitative estimate of drug-likeness (QED) is 0.503. The number of rotatable bonds is 0. The Morgan fingerprint density at radius 3 is 2.67 bits per heavy atom. The van der Waals surface area contributed by atoms with Crippen LogP contribution in [-0.4, -0.2) is 0 Å². The fourth-order valence-electron chi connectivity index (χ4n) is 1.80. The van der Waals surface area contributed by atoms with Crippen LogP contribution in [0.5, 0.6) is 0 Å². The van der Waals surface area contributed by atoms with E-state index < -0.39 is 0 Å². The molecule has 0 amide bonds. The second-order valence-electron chi connectivity index (χ2n) is 4.06. The van der Waals surface area contributed by atoms with Crippen LogP contribution in [0.3, 0.4) is 0 Å². The van der Waals surface area contributed by atoms with Crippen LogP contribution < -0.4 is 0 Å². The summed E-state index contributed by atoms with van der Waals surface area (Å²) in [5.41, 5.74) is 2.93. The molecule has 1 aliphatic carbocycles. The van der Waals surface area contributed by atoms with Crippen LogP contribution in [-0.2, 0) is 0 Å². The number of allylic oxidation sites excluding steroid dienone is 2. The maximum atomic E-state index is 8.89. The van der Waals surface area contributed by atoms with Crippen LogP contribution in [0.25, 0.3) is 0 Å². The summed E-state index contributed by atoms with van der Waals surface area (Å²) in [7, 11) is 0. The zero-order chi connectivity index (χ0) is 9.14. The van der Waals surface area contributed by atoms with Crippen molar-refractivity contribution >= 4 is 0 Å². The summed E-state index contributed by atoms with van der Waals surface area (Å²) >= 11 is 0. The van der Waals surface area contributed by atoms with Crippen molar-refractivity contribution in [1.29, 1.82) is 5.26 Å². The minimum absolute atomic E-state index is 0.267. The van der Waals surface area contributed by atoms with E-state index in [1.54, 1.807) is 0 Å². The third-order valence-electron chi connectivity index (χ3n) is 2.93. The second-order valence-corrected chi connectivity index (χ2v) is 4.06. The molecule has 12 heavy (non-hydrogen) atoms. The average molecular weight is 163 g/mol. The Morgan fingerprint density at radius 1 is 1.50 bits per heavy atom. The monoisotopic (exact) mass is 163 g/mol. The molecule has 2 unspecified atom stereocenters. The lowest BCUT2D eigenvalue weighted by Crippen LogP contribution is -2.16. The van der Waals surface area contributed by atoms with Gasteiger partial charge in [0.2, 0.25) is 0 Å². The maximum absolute atomic E-state index is 8.89. The molecule has 1 heteroatoms. The first-order valence-electron chi connectivity index (χ1n) is 4.70. The van der Waals surface area contributed by atoms with Gasteiger partial charge in [0.25, 0.3) is 0 Å². The van der Waals surface area contributed by atoms with Crippen molar-refractivity contribution in [3.05, 3.63) is 11.1 Å². The molecule has 0 aromatic heterocycles. The summed E-state index contributed by atoms with van der Waals surface area (Å²) in [6.45, 7) is 6.50. The van der Waals surface area contributed by atoms with E-state index in [-0.39, 0.29) is 5.92 Å². The van der Waals surface area contributed by atoms with Gasteiger partial charge in [-0.15, -0.1) is 0 Å². The Balaban J connectivity index is 2.70. The highest BCUT2D eigenvalue weighted by molar-refractivity contribution is 5.15. The molecule has 0 saturated heterocycles. The van der Waals surface area contributed by atoms with Gasteiger partial charge in [0, 0.05) is 0 Å². The Kier molecular flexibility index (Phi) is 2.92. The third kappa shape index (κ3) is 1.88. The van der Waals surface area contributed by atoms with Crippen molar-refractivity contribution in [2.24, 2.45) is 11.8 Å². The zero-order valence-electron chi connectivity index (χ0n) is 8.22. The Labute approximate surface area is 75.1 Å². The zero-order valence-corrected chi connectivity index (χ0v) is 8.22. The lowest BCUT2D eigenvalue weighted by molar-refractivity contribution is 0.362. The van der Waals surface area contributed by atoms with E-state index >= 15 is 0 Å². The number of nitriles is 1. The highest BCUT2D eigenvalue weighted by atomic mass is 14.3. The van der Waals surface area contributed by atoms with Crippen LogP contribution >= 0.6 is 0 Å².